The van der Waals surface area contributed by atoms with Crippen LogP contribution in [-0.4, -0.2) is 41.1 Å². The zero-order chi connectivity index (χ0) is 19.9. The Morgan fingerprint density at radius 3 is 2.71 bits per heavy atom. The average Bonchev–Trinajstić information content (AvgIpc) is 3.45. The van der Waals surface area contributed by atoms with Gasteiger partial charge in [0.2, 0.25) is 5.91 Å². The molecule has 0 unspecified atom stereocenters. The number of aromatic nitrogens is 2. The van der Waals surface area contributed by atoms with E-state index in [4.69, 9.17) is 0 Å². The summed E-state index contributed by atoms with van der Waals surface area (Å²) in [6.07, 6.45) is 5.38. The van der Waals surface area contributed by atoms with Crippen LogP contribution in [0.5, 0.6) is 0 Å². The van der Waals surface area contributed by atoms with Gasteiger partial charge >= 0.3 is 0 Å². The predicted molar refractivity (Wildman–Crippen MR) is 107 cm³/mol. The summed E-state index contributed by atoms with van der Waals surface area (Å²) in [4.78, 5) is 20.2. The number of benzene rings is 1. The van der Waals surface area contributed by atoms with Gasteiger partial charge in [0.15, 0.2) is 5.96 Å². The number of halogens is 1. The highest BCUT2D eigenvalue weighted by Gasteiger charge is 2.28. The molecule has 3 N–H and O–H groups in total. The van der Waals surface area contributed by atoms with Crippen LogP contribution >= 0.6 is 0 Å². The maximum atomic E-state index is 14.5. The van der Waals surface area contributed by atoms with E-state index in [1.807, 2.05) is 19.9 Å². The number of hydrogen-bond donors (Lipinski definition) is 3. The lowest BCUT2D eigenvalue weighted by Gasteiger charge is -2.12. The van der Waals surface area contributed by atoms with Gasteiger partial charge in [0, 0.05) is 37.9 Å². The molecule has 1 aromatic heterocycles. The Morgan fingerprint density at radius 2 is 2.07 bits per heavy atom. The van der Waals surface area contributed by atoms with Crippen LogP contribution in [-0.2, 0) is 11.3 Å². The molecule has 0 aliphatic heterocycles. The van der Waals surface area contributed by atoms with E-state index in [0.717, 1.165) is 24.2 Å². The molecule has 1 fully saturated rings. The fourth-order valence-corrected chi connectivity index (χ4v) is 2.85. The molecule has 1 aromatic carbocycles. The minimum atomic E-state index is -0.311. The molecule has 8 heteroatoms. The molecule has 150 valence electrons. The van der Waals surface area contributed by atoms with Gasteiger partial charge in [0.25, 0.3) is 0 Å². The van der Waals surface area contributed by atoms with Gasteiger partial charge in [-0.2, -0.15) is 0 Å². The first-order chi connectivity index (χ1) is 13.6. The second-order valence-electron chi connectivity index (χ2n) is 6.82. The Bertz CT molecular complexity index is 843. The van der Waals surface area contributed by atoms with Crippen molar-refractivity contribution < 1.29 is 9.18 Å². The van der Waals surface area contributed by atoms with Gasteiger partial charge in [0.05, 0.1) is 12.2 Å². The molecule has 1 aliphatic carbocycles. The molecule has 1 amide bonds. The number of amides is 1. The molecule has 1 aliphatic rings. The van der Waals surface area contributed by atoms with Gasteiger partial charge in [-0.3, -0.25) is 4.79 Å². The van der Waals surface area contributed by atoms with Crippen LogP contribution in [0, 0.1) is 18.7 Å². The van der Waals surface area contributed by atoms with E-state index >= 15 is 0 Å². The van der Waals surface area contributed by atoms with Crippen molar-refractivity contribution in [3.63, 3.8) is 0 Å². The van der Waals surface area contributed by atoms with Crippen LogP contribution in [0.15, 0.2) is 35.6 Å². The number of carbonyl (C=O) groups excluding carboxylic acids is 1. The minimum Gasteiger partial charge on any atom is -0.357 e. The Hall–Kier alpha value is -2.90. The van der Waals surface area contributed by atoms with Crippen molar-refractivity contribution in [3.8, 4) is 5.69 Å². The summed E-state index contributed by atoms with van der Waals surface area (Å²) in [5.41, 5.74) is 1.25. The molecular formula is C20H27FN6O. The van der Waals surface area contributed by atoms with Crippen LogP contribution in [0.2, 0.25) is 0 Å². The fraction of sp³-hybridized carbons (Fsp3) is 0.450. The number of nitrogens with one attached hydrogen (secondary N) is 3. The lowest BCUT2D eigenvalue weighted by atomic mass is 10.2. The molecule has 0 saturated heterocycles. The minimum absolute atomic E-state index is 0.132. The van der Waals surface area contributed by atoms with E-state index in [1.54, 1.807) is 23.0 Å². The van der Waals surface area contributed by atoms with E-state index in [2.05, 4.69) is 25.9 Å². The number of guanidine groups is 1. The van der Waals surface area contributed by atoms with Crippen molar-refractivity contribution in [2.75, 3.05) is 19.6 Å². The van der Waals surface area contributed by atoms with Gasteiger partial charge in [-0.25, -0.2) is 14.4 Å². The van der Waals surface area contributed by atoms with Crippen LogP contribution in [0.1, 0.15) is 31.2 Å². The van der Waals surface area contributed by atoms with Crippen molar-refractivity contribution in [1.29, 1.82) is 0 Å². The molecule has 0 spiro atoms. The second-order valence-corrected chi connectivity index (χ2v) is 6.82. The largest absolute Gasteiger partial charge is 0.357 e. The first-order valence-corrected chi connectivity index (χ1v) is 9.67. The molecular weight excluding hydrogens is 359 g/mol. The van der Waals surface area contributed by atoms with Crippen LogP contribution in [0.3, 0.4) is 0 Å². The Morgan fingerprint density at radius 1 is 1.29 bits per heavy atom. The Kier molecular flexibility index (Phi) is 6.62. The molecule has 2 aromatic rings. The van der Waals surface area contributed by atoms with Crippen molar-refractivity contribution >= 4 is 11.9 Å². The normalized spacial score (nSPS) is 14.0. The van der Waals surface area contributed by atoms with Crippen molar-refractivity contribution in [2.45, 2.75) is 33.2 Å². The third kappa shape index (κ3) is 5.31. The number of imidazole rings is 1. The highest BCUT2D eigenvalue weighted by molar-refractivity contribution is 5.81. The number of rotatable bonds is 8. The molecule has 0 atom stereocenters. The lowest BCUT2D eigenvalue weighted by molar-refractivity contribution is -0.122. The molecule has 3 rings (SSSR count). The quantitative estimate of drug-likeness (QED) is 0.368. The third-order valence-electron chi connectivity index (χ3n) is 4.53. The molecule has 7 nitrogen and oxygen atoms in total. The topological polar surface area (TPSA) is 83.3 Å². The number of nitrogens with zero attached hydrogens (tertiary/aromatic N) is 3. The summed E-state index contributed by atoms with van der Waals surface area (Å²) in [6.45, 7) is 6.01. The molecule has 0 radical (unpaired) electrons. The highest BCUT2D eigenvalue weighted by Crippen LogP contribution is 2.28. The van der Waals surface area contributed by atoms with Gasteiger partial charge in [-0.05, 0) is 44.4 Å². The summed E-state index contributed by atoms with van der Waals surface area (Å²) >= 11 is 0. The van der Waals surface area contributed by atoms with Crippen LogP contribution in [0.25, 0.3) is 5.69 Å². The summed E-state index contributed by atoms with van der Waals surface area (Å²) in [6, 6.07) is 5.10. The van der Waals surface area contributed by atoms with E-state index in [-0.39, 0.29) is 17.6 Å². The van der Waals surface area contributed by atoms with E-state index in [9.17, 15) is 9.18 Å². The summed E-state index contributed by atoms with van der Waals surface area (Å²) < 4.78 is 16.2. The number of carbonyl (C=O) groups is 1. The smallest absolute Gasteiger partial charge is 0.223 e. The highest BCUT2D eigenvalue weighted by atomic mass is 19.1. The summed E-state index contributed by atoms with van der Waals surface area (Å²) in [7, 11) is 0. The zero-order valence-electron chi connectivity index (χ0n) is 16.3. The molecule has 28 heavy (non-hydrogen) atoms. The van der Waals surface area contributed by atoms with Crippen LogP contribution < -0.4 is 16.0 Å². The van der Waals surface area contributed by atoms with Crippen LogP contribution in [0.4, 0.5) is 4.39 Å². The van der Waals surface area contributed by atoms with Gasteiger partial charge < -0.3 is 20.5 Å². The van der Waals surface area contributed by atoms with Crippen molar-refractivity contribution in [2.24, 2.45) is 10.9 Å². The lowest BCUT2D eigenvalue weighted by Crippen LogP contribution is -2.41. The second kappa shape index (κ2) is 9.34. The number of aliphatic imine (C=N–C) groups is 1. The van der Waals surface area contributed by atoms with Crippen molar-refractivity contribution in [1.82, 2.24) is 25.5 Å². The number of hydrogen-bond acceptors (Lipinski definition) is 3. The Labute approximate surface area is 164 Å². The fourth-order valence-electron chi connectivity index (χ4n) is 2.85. The number of aryl methyl sites for hydroxylation is 1. The first-order valence-electron chi connectivity index (χ1n) is 9.67. The maximum Gasteiger partial charge on any atom is 0.223 e. The molecule has 1 saturated carbocycles. The summed E-state index contributed by atoms with van der Waals surface area (Å²) in [5.74, 6) is 1.41. The third-order valence-corrected chi connectivity index (χ3v) is 4.53. The van der Waals surface area contributed by atoms with Gasteiger partial charge in [0.1, 0.15) is 11.6 Å². The van der Waals surface area contributed by atoms with E-state index in [1.165, 1.54) is 6.07 Å². The maximum absolute atomic E-state index is 14.5. The monoisotopic (exact) mass is 386 g/mol. The van der Waals surface area contributed by atoms with Gasteiger partial charge in [-0.15, -0.1) is 0 Å². The van der Waals surface area contributed by atoms with E-state index in [0.29, 0.717) is 37.8 Å². The SMILES string of the molecule is CCNC(=NCc1ccc(-n2ccnc2C)c(F)c1)NCCNC(=O)C1CC1. The Balaban J connectivity index is 1.55. The van der Waals surface area contributed by atoms with E-state index < -0.39 is 0 Å². The first kappa shape index (κ1) is 19.9. The molecule has 1 heterocycles. The van der Waals surface area contributed by atoms with Gasteiger partial charge in [-0.1, -0.05) is 6.07 Å². The average molecular weight is 386 g/mol. The predicted octanol–water partition coefficient (Wildman–Crippen LogP) is 1.90. The van der Waals surface area contributed by atoms with Crippen molar-refractivity contribution in [3.05, 3.63) is 47.8 Å². The molecule has 0 bridgehead atoms. The zero-order valence-corrected chi connectivity index (χ0v) is 16.3. The summed E-state index contributed by atoms with van der Waals surface area (Å²) in [5, 5.41) is 9.24. The standard InChI is InChI=1S/C20H27FN6O/c1-3-22-20(25-9-8-24-19(28)16-5-6-16)26-13-15-4-7-18(17(21)12-15)27-11-10-23-14(27)2/h4,7,10-12,16H,3,5-6,8-9,13H2,1-2H3,(H,24,28)(H2,22,25,26).